The number of aromatic nitrogens is 3. The third kappa shape index (κ3) is 4.31. The first kappa shape index (κ1) is 21.8. The fourth-order valence-electron chi connectivity index (χ4n) is 3.60. The predicted octanol–water partition coefficient (Wildman–Crippen LogP) is 4.68. The summed E-state index contributed by atoms with van der Waals surface area (Å²) in [5.74, 6) is 0. The van der Waals surface area contributed by atoms with Gasteiger partial charge in [0.15, 0.2) is 0 Å². The van der Waals surface area contributed by atoms with Crippen LogP contribution in [0.25, 0.3) is 16.7 Å². The Morgan fingerprint density at radius 3 is 2.06 bits per heavy atom. The number of anilines is 2. The van der Waals surface area contributed by atoms with Gasteiger partial charge in [0, 0.05) is 18.8 Å². The fraction of sp³-hybridized carbons (Fsp3) is 0.250. The molecule has 32 heavy (non-hydrogen) atoms. The van der Waals surface area contributed by atoms with Crippen LogP contribution in [0.15, 0.2) is 65.6 Å². The van der Waals surface area contributed by atoms with E-state index in [0.717, 1.165) is 35.6 Å². The van der Waals surface area contributed by atoms with Crippen LogP contribution in [0.1, 0.15) is 25.0 Å². The number of fused-ring (bicyclic) bond motifs is 1. The molecule has 166 valence electrons. The molecule has 1 aromatic heterocycles. The summed E-state index contributed by atoms with van der Waals surface area (Å²) >= 11 is 0. The van der Waals surface area contributed by atoms with E-state index >= 15 is 0 Å². The Bertz CT molecular complexity index is 1340. The molecule has 3 aromatic carbocycles. The van der Waals surface area contributed by atoms with Gasteiger partial charge in [0.2, 0.25) is 0 Å². The molecular formula is C24H27N5O2S. The average molecular weight is 450 g/mol. The van der Waals surface area contributed by atoms with E-state index in [0.29, 0.717) is 16.7 Å². The molecule has 0 aliphatic carbocycles. The monoisotopic (exact) mass is 449 g/mol. The summed E-state index contributed by atoms with van der Waals surface area (Å²) in [6, 6.07) is 18.4. The lowest BCUT2D eigenvalue weighted by Gasteiger charge is -2.20. The second kappa shape index (κ2) is 8.63. The van der Waals surface area contributed by atoms with Gasteiger partial charge in [-0.3, -0.25) is 4.72 Å². The summed E-state index contributed by atoms with van der Waals surface area (Å²) in [5, 5.41) is 9.15. The molecule has 0 aliphatic rings. The largest absolute Gasteiger partial charge is 0.372 e. The molecule has 4 rings (SSSR count). The van der Waals surface area contributed by atoms with Gasteiger partial charge in [-0.05, 0) is 81.8 Å². The number of benzene rings is 3. The van der Waals surface area contributed by atoms with Crippen molar-refractivity contribution < 1.29 is 8.42 Å². The zero-order chi connectivity index (χ0) is 22.9. The first-order valence-electron chi connectivity index (χ1n) is 10.6. The minimum atomic E-state index is -3.69. The second-order valence-corrected chi connectivity index (χ2v) is 9.43. The quantitative estimate of drug-likeness (QED) is 0.443. The van der Waals surface area contributed by atoms with Crippen molar-refractivity contribution in [2.45, 2.75) is 32.6 Å². The van der Waals surface area contributed by atoms with Crippen LogP contribution in [0, 0.1) is 13.8 Å². The molecule has 0 saturated heterocycles. The van der Waals surface area contributed by atoms with E-state index in [9.17, 15) is 8.42 Å². The lowest BCUT2D eigenvalue weighted by Crippen LogP contribution is -2.21. The molecule has 7 nitrogen and oxygen atoms in total. The highest BCUT2D eigenvalue weighted by molar-refractivity contribution is 7.92. The lowest BCUT2D eigenvalue weighted by molar-refractivity contribution is 0.601. The number of rotatable bonds is 7. The van der Waals surface area contributed by atoms with Crippen LogP contribution in [-0.2, 0) is 10.0 Å². The normalized spacial score (nSPS) is 11.6. The van der Waals surface area contributed by atoms with E-state index < -0.39 is 10.0 Å². The van der Waals surface area contributed by atoms with Crippen molar-refractivity contribution in [3.05, 3.63) is 71.8 Å². The summed E-state index contributed by atoms with van der Waals surface area (Å²) in [4.78, 5) is 4.07. The third-order valence-electron chi connectivity index (χ3n) is 5.51. The molecule has 0 bridgehead atoms. The first-order valence-corrected chi connectivity index (χ1v) is 12.1. The van der Waals surface area contributed by atoms with Crippen LogP contribution in [-0.4, -0.2) is 36.5 Å². The van der Waals surface area contributed by atoms with Gasteiger partial charge in [0.05, 0.1) is 16.3 Å². The number of sulfonamides is 1. The van der Waals surface area contributed by atoms with Crippen LogP contribution >= 0.6 is 0 Å². The van der Waals surface area contributed by atoms with Crippen LogP contribution in [0.3, 0.4) is 0 Å². The van der Waals surface area contributed by atoms with Crippen molar-refractivity contribution in [3.8, 4) is 5.69 Å². The Labute approximate surface area is 188 Å². The minimum Gasteiger partial charge on any atom is -0.372 e. The molecule has 0 spiro atoms. The molecule has 0 atom stereocenters. The lowest BCUT2D eigenvalue weighted by atomic mass is 10.2. The second-order valence-electron chi connectivity index (χ2n) is 7.75. The molecular weight excluding hydrogens is 422 g/mol. The number of aryl methyl sites for hydroxylation is 2. The van der Waals surface area contributed by atoms with Gasteiger partial charge >= 0.3 is 0 Å². The zero-order valence-electron chi connectivity index (χ0n) is 18.7. The number of nitrogens with zero attached hydrogens (tertiary/aromatic N) is 4. The van der Waals surface area contributed by atoms with Gasteiger partial charge in [-0.1, -0.05) is 17.7 Å². The van der Waals surface area contributed by atoms with Crippen LogP contribution in [0.2, 0.25) is 0 Å². The van der Waals surface area contributed by atoms with Gasteiger partial charge in [0.25, 0.3) is 10.0 Å². The SMILES string of the molecule is CCN(CC)c1ccc(-n2nc3cc(C)c(NS(=O)(=O)c4ccc(C)cc4)cc3n2)cc1. The van der Waals surface area contributed by atoms with Crippen molar-refractivity contribution >= 4 is 32.4 Å². The number of hydrogen-bond donors (Lipinski definition) is 1. The summed E-state index contributed by atoms with van der Waals surface area (Å²) in [6.07, 6.45) is 0. The van der Waals surface area contributed by atoms with Crippen LogP contribution in [0.5, 0.6) is 0 Å². The molecule has 0 amide bonds. The Kier molecular flexibility index (Phi) is 5.88. The summed E-state index contributed by atoms with van der Waals surface area (Å²) < 4.78 is 28.3. The average Bonchev–Trinajstić information content (AvgIpc) is 3.18. The highest BCUT2D eigenvalue weighted by atomic mass is 32.2. The molecule has 8 heteroatoms. The van der Waals surface area contributed by atoms with Crippen molar-refractivity contribution in [2.75, 3.05) is 22.7 Å². The Hall–Kier alpha value is -3.39. The van der Waals surface area contributed by atoms with Crippen molar-refractivity contribution in [1.82, 2.24) is 15.0 Å². The minimum absolute atomic E-state index is 0.222. The summed E-state index contributed by atoms with van der Waals surface area (Å²) in [5.41, 5.74) is 5.58. The maximum atomic E-state index is 12.8. The van der Waals surface area contributed by atoms with Crippen molar-refractivity contribution in [3.63, 3.8) is 0 Å². The predicted molar refractivity (Wildman–Crippen MR) is 129 cm³/mol. The summed E-state index contributed by atoms with van der Waals surface area (Å²) in [6.45, 7) is 9.92. The Morgan fingerprint density at radius 2 is 1.47 bits per heavy atom. The van der Waals surface area contributed by atoms with Crippen LogP contribution < -0.4 is 9.62 Å². The molecule has 4 aromatic rings. The molecule has 0 fully saturated rings. The van der Waals surface area contributed by atoms with Gasteiger partial charge < -0.3 is 4.90 Å². The van der Waals surface area contributed by atoms with Gasteiger partial charge in [-0.2, -0.15) is 4.80 Å². The highest BCUT2D eigenvalue weighted by Crippen LogP contribution is 2.25. The van der Waals surface area contributed by atoms with Gasteiger partial charge in [-0.25, -0.2) is 8.42 Å². The van der Waals surface area contributed by atoms with E-state index in [2.05, 4.69) is 45.8 Å². The maximum absolute atomic E-state index is 12.8. The molecule has 1 heterocycles. The van der Waals surface area contributed by atoms with Crippen molar-refractivity contribution in [2.24, 2.45) is 0 Å². The molecule has 0 unspecified atom stereocenters. The Morgan fingerprint density at radius 1 is 0.875 bits per heavy atom. The van der Waals surface area contributed by atoms with Crippen LogP contribution in [0.4, 0.5) is 11.4 Å². The molecule has 1 N–H and O–H groups in total. The fourth-order valence-corrected chi connectivity index (χ4v) is 4.72. The van der Waals surface area contributed by atoms with E-state index in [1.165, 1.54) is 0 Å². The maximum Gasteiger partial charge on any atom is 0.261 e. The smallest absolute Gasteiger partial charge is 0.261 e. The molecule has 0 saturated carbocycles. The number of hydrogen-bond acceptors (Lipinski definition) is 5. The van der Waals surface area contributed by atoms with Gasteiger partial charge in [-0.15, -0.1) is 10.2 Å². The standard InChI is InChI=1S/C24H27N5O2S/c1-5-28(6-2)19-9-11-20(12-10-19)29-25-23-15-18(4)22(16-24(23)26-29)27-32(30,31)21-13-7-17(3)8-14-21/h7-16,27H,5-6H2,1-4H3. The van der Waals surface area contributed by atoms with Gasteiger partial charge in [0.1, 0.15) is 11.0 Å². The molecule has 0 radical (unpaired) electrons. The zero-order valence-corrected chi connectivity index (χ0v) is 19.5. The third-order valence-corrected chi connectivity index (χ3v) is 6.89. The van der Waals surface area contributed by atoms with E-state index in [1.807, 2.05) is 32.0 Å². The van der Waals surface area contributed by atoms with E-state index in [-0.39, 0.29) is 4.90 Å². The van der Waals surface area contributed by atoms with Crippen molar-refractivity contribution in [1.29, 1.82) is 0 Å². The number of nitrogens with one attached hydrogen (secondary N) is 1. The topological polar surface area (TPSA) is 80.1 Å². The molecule has 0 aliphatic heterocycles. The summed E-state index contributed by atoms with van der Waals surface area (Å²) in [7, 11) is -3.69. The van der Waals surface area contributed by atoms with E-state index in [1.54, 1.807) is 35.1 Å². The first-order chi connectivity index (χ1) is 15.3. The van der Waals surface area contributed by atoms with E-state index in [4.69, 9.17) is 0 Å². The highest BCUT2D eigenvalue weighted by Gasteiger charge is 2.17. The Balaban J connectivity index is 1.64.